The number of nitrogens with one attached hydrogen (secondary N) is 2. The molecule has 5 nitrogen and oxygen atoms in total. The molecule has 0 radical (unpaired) electrons. The van der Waals surface area contributed by atoms with Crippen LogP contribution in [0.2, 0.25) is 0 Å². The molecule has 0 atom stereocenters. The molecule has 0 unspecified atom stereocenters. The molecule has 0 aromatic heterocycles. The van der Waals surface area contributed by atoms with E-state index in [1.165, 1.54) is 12.4 Å². The molecule has 0 aromatic rings. The lowest BCUT2D eigenvalue weighted by Gasteiger charge is -2.02. The molecule has 0 spiro atoms. The van der Waals surface area contributed by atoms with Crippen LogP contribution < -0.4 is 16.8 Å². The molecule has 66 valence electrons. The Morgan fingerprint density at radius 2 is 2.17 bits per heavy atom. The second-order valence-corrected chi connectivity index (χ2v) is 1.96. The summed E-state index contributed by atoms with van der Waals surface area (Å²) < 4.78 is 0. The zero-order valence-electron chi connectivity index (χ0n) is 6.96. The minimum atomic E-state index is -0.132. The summed E-state index contributed by atoms with van der Waals surface area (Å²) >= 11 is 0. The maximum atomic E-state index is 7.14. The van der Waals surface area contributed by atoms with Crippen molar-refractivity contribution in [1.29, 1.82) is 5.41 Å². The van der Waals surface area contributed by atoms with Crippen LogP contribution in [0.25, 0.3) is 0 Å². The van der Waals surface area contributed by atoms with Gasteiger partial charge in [0.25, 0.3) is 0 Å². The molecular formula is C7H13N5. The summed E-state index contributed by atoms with van der Waals surface area (Å²) in [6, 6.07) is 0. The second-order valence-electron chi connectivity index (χ2n) is 1.96. The number of hydrogen-bond acceptors (Lipinski definition) is 3. The average Bonchev–Trinajstić information content (AvgIpc) is 1.99. The lowest BCUT2D eigenvalue weighted by Crippen LogP contribution is -2.27. The molecule has 0 aliphatic carbocycles. The number of rotatable bonds is 4. The molecule has 0 amide bonds. The molecule has 6 N–H and O–H groups in total. The molecule has 0 saturated heterocycles. The first-order valence-corrected chi connectivity index (χ1v) is 3.29. The van der Waals surface area contributed by atoms with E-state index >= 15 is 0 Å². The summed E-state index contributed by atoms with van der Waals surface area (Å²) in [6.07, 6.45) is 2.80. The Labute approximate surface area is 71.4 Å². The van der Waals surface area contributed by atoms with Gasteiger partial charge < -0.3 is 16.8 Å². The summed E-state index contributed by atoms with van der Waals surface area (Å²) in [6.45, 7) is 3.38. The van der Waals surface area contributed by atoms with Gasteiger partial charge in [-0.3, -0.25) is 5.41 Å². The van der Waals surface area contributed by atoms with Crippen LogP contribution in [0.3, 0.4) is 0 Å². The van der Waals surface area contributed by atoms with Gasteiger partial charge in [0.05, 0.1) is 5.57 Å². The first kappa shape index (κ1) is 10.2. The predicted octanol–water partition coefficient (Wildman–Crippen LogP) is -0.474. The van der Waals surface area contributed by atoms with Crippen molar-refractivity contribution >= 4 is 11.7 Å². The molecule has 0 aliphatic heterocycles. The van der Waals surface area contributed by atoms with Crippen LogP contribution in [0.5, 0.6) is 0 Å². The molecule has 0 saturated carbocycles. The summed E-state index contributed by atoms with van der Waals surface area (Å²) in [5.74, 6) is 0.0410. The zero-order chi connectivity index (χ0) is 9.56. The Hall–Kier alpha value is -1.78. The highest BCUT2D eigenvalue weighted by Gasteiger charge is 2.04. The van der Waals surface area contributed by atoms with Gasteiger partial charge in [0.2, 0.25) is 0 Å². The molecular weight excluding hydrogens is 154 g/mol. The fourth-order valence-electron chi connectivity index (χ4n) is 0.602. The average molecular weight is 167 g/mol. The molecule has 0 rings (SSSR count). The van der Waals surface area contributed by atoms with Crippen molar-refractivity contribution in [3.8, 4) is 0 Å². The van der Waals surface area contributed by atoms with Crippen LogP contribution in [0.4, 0.5) is 0 Å². The SMILES string of the molecule is C=CN=C(N)C(=CNC)C(=N)N. The fraction of sp³-hybridized carbons (Fsp3) is 0.143. The van der Waals surface area contributed by atoms with E-state index < -0.39 is 0 Å². The monoisotopic (exact) mass is 167 g/mol. The lowest BCUT2D eigenvalue weighted by atomic mass is 10.2. The van der Waals surface area contributed by atoms with E-state index in [1.54, 1.807) is 7.05 Å². The van der Waals surface area contributed by atoms with Crippen molar-refractivity contribution in [3.63, 3.8) is 0 Å². The molecule has 0 aliphatic rings. The van der Waals surface area contributed by atoms with Gasteiger partial charge in [0.15, 0.2) is 0 Å². The van der Waals surface area contributed by atoms with Crippen LogP contribution >= 0.6 is 0 Å². The minimum absolute atomic E-state index is 0.132. The molecule has 5 heteroatoms. The van der Waals surface area contributed by atoms with E-state index in [0.717, 1.165) is 0 Å². The Bertz CT molecular complexity index is 238. The maximum absolute atomic E-state index is 7.14. The van der Waals surface area contributed by atoms with Gasteiger partial charge in [-0.25, -0.2) is 4.99 Å². The van der Waals surface area contributed by atoms with Gasteiger partial charge in [-0.05, 0) is 0 Å². The van der Waals surface area contributed by atoms with E-state index in [4.69, 9.17) is 16.9 Å². The van der Waals surface area contributed by atoms with E-state index in [1.807, 2.05) is 0 Å². The minimum Gasteiger partial charge on any atom is -0.393 e. The standard InChI is InChI=1S/C7H13N5/c1-3-12-7(10)5(4-11-2)6(8)9/h3-4,11H,1H2,2H3,(H3,8,9)(H2,10,12). The summed E-state index contributed by atoms with van der Waals surface area (Å²) in [5.41, 5.74) is 11.1. The second kappa shape index (κ2) is 4.95. The summed E-state index contributed by atoms with van der Waals surface area (Å²) in [5, 5.41) is 9.85. The third-order valence-corrected chi connectivity index (χ3v) is 1.09. The van der Waals surface area contributed by atoms with E-state index in [-0.39, 0.29) is 11.7 Å². The van der Waals surface area contributed by atoms with Crippen LogP contribution in [0.1, 0.15) is 0 Å². The topological polar surface area (TPSA) is 100 Å². The third-order valence-electron chi connectivity index (χ3n) is 1.09. The lowest BCUT2D eigenvalue weighted by molar-refractivity contribution is 1.09. The Morgan fingerprint density at radius 3 is 2.50 bits per heavy atom. The van der Waals surface area contributed by atoms with Crippen molar-refractivity contribution in [2.75, 3.05) is 7.05 Å². The first-order valence-electron chi connectivity index (χ1n) is 3.29. The van der Waals surface area contributed by atoms with Crippen molar-refractivity contribution in [2.24, 2.45) is 16.5 Å². The Balaban J connectivity index is 4.75. The molecule has 0 fully saturated rings. The number of nitrogens with zero attached hydrogens (tertiary/aromatic N) is 1. The predicted molar refractivity (Wildman–Crippen MR) is 50.9 cm³/mol. The quantitative estimate of drug-likeness (QED) is 0.336. The van der Waals surface area contributed by atoms with Crippen LogP contribution in [0, 0.1) is 5.41 Å². The van der Waals surface area contributed by atoms with Crippen LogP contribution in [-0.4, -0.2) is 18.7 Å². The number of amidine groups is 2. The molecule has 0 heterocycles. The maximum Gasteiger partial charge on any atom is 0.135 e. The van der Waals surface area contributed by atoms with E-state index in [9.17, 15) is 0 Å². The van der Waals surface area contributed by atoms with Gasteiger partial charge in [0, 0.05) is 19.4 Å². The molecule has 0 bridgehead atoms. The van der Waals surface area contributed by atoms with E-state index in [0.29, 0.717) is 5.57 Å². The van der Waals surface area contributed by atoms with Crippen molar-refractivity contribution in [1.82, 2.24) is 5.32 Å². The number of aliphatic imine (C=N–C) groups is 1. The van der Waals surface area contributed by atoms with Gasteiger partial charge >= 0.3 is 0 Å². The Kier molecular flexibility index (Phi) is 4.21. The van der Waals surface area contributed by atoms with Gasteiger partial charge in [-0.15, -0.1) is 0 Å². The van der Waals surface area contributed by atoms with Crippen molar-refractivity contribution < 1.29 is 0 Å². The normalized spacial score (nSPS) is 12.4. The van der Waals surface area contributed by atoms with Gasteiger partial charge in [0.1, 0.15) is 11.7 Å². The molecule has 12 heavy (non-hydrogen) atoms. The number of hydrogen-bond donors (Lipinski definition) is 4. The van der Waals surface area contributed by atoms with Crippen LogP contribution in [-0.2, 0) is 0 Å². The highest BCUT2D eigenvalue weighted by atomic mass is 14.9. The third kappa shape index (κ3) is 2.87. The molecule has 0 aromatic carbocycles. The summed E-state index contributed by atoms with van der Waals surface area (Å²) in [7, 11) is 1.68. The fourth-order valence-corrected chi connectivity index (χ4v) is 0.602. The largest absolute Gasteiger partial charge is 0.393 e. The Morgan fingerprint density at radius 1 is 1.58 bits per heavy atom. The first-order chi connectivity index (χ1) is 5.63. The zero-order valence-corrected chi connectivity index (χ0v) is 6.96. The van der Waals surface area contributed by atoms with Gasteiger partial charge in [-0.1, -0.05) is 6.58 Å². The van der Waals surface area contributed by atoms with Crippen LogP contribution in [0.15, 0.2) is 29.5 Å². The summed E-state index contributed by atoms with van der Waals surface area (Å²) in [4.78, 5) is 3.69. The van der Waals surface area contributed by atoms with E-state index in [2.05, 4.69) is 16.9 Å². The number of nitrogens with two attached hydrogens (primary N) is 2. The van der Waals surface area contributed by atoms with Crippen molar-refractivity contribution in [3.05, 3.63) is 24.6 Å². The van der Waals surface area contributed by atoms with Gasteiger partial charge in [-0.2, -0.15) is 0 Å². The smallest absolute Gasteiger partial charge is 0.135 e. The highest BCUT2D eigenvalue weighted by molar-refractivity contribution is 6.20. The highest BCUT2D eigenvalue weighted by Crippen LogP contribution is 1.92. The van der Waals surface area contributed by atoms with Crippen molar-refractivity contribution in [2.45, 2.75) is 0 Å².